The molecule has 98 valence electrons. The van der Waals surface area contributed by atoms with Crippen LogP contribution in [0.5, 0.6) is 0 Å². The third-order valence-corrected chi connectivity index (χ3v) is 2.15. The number of benzene rings is 1. The molecule has 18 heavy (non-hydrogen) atoms. The molecule has 0 heterocycles. The fourth-order valence-corrected chi connectivity index (χ4v) is 1.42. The number of carboxylic acid groups (broad SMARTS) is 1. The van der Waals surface area contributed by atoms with Crippen molar-refractivity contribution < 1.29 is 19.4 Å². The van der Waals surface area contributed by atoms with Gasteiger partial charge in [-0.05, 0) is 38.5 Å². The van der Waals surface area contributed by atoms with Gasteiger partial charge in [0.2, 0.25) is 0 Å². The van der Waals surface area contributed by atoms with Crippen molar-refractivity contribution in [2.24, 2.45) is 0 Å². The lowest BCUT2D eigenvalue weighted by molar-refractivity contribution is -0.307. The molecular formula is C13H16NO4-. The van der Waals surface area contributed by atoms with E-state index < -0.39 is 23.5 Å². The van der Waals surface area contributed by atoms with Gasteiger partial charge in [-0.1, -0.05) is 12.1 Å². The first kappa shape index (κ1) is 14.0. The molecule has 0 unspecified atom stereocenters. The van der Waals surface area contributed by atoms with E-state index in [0.29, 0.717) is 11.3 Å². The maximum absolute atomic E-state index is 11.8. The molecule has 1 atom stereocenters. The number of carbonyl (C=O) groups excluding carboxylic acids is 2. The Morgan fingerprint density at radius 2 is 1.72 bits per heavy atom. The van der Waals surface area contributed by atoms with Crippen molar-refractivity contribution in [2.45, 2.75) is 32.3 Å². The van der Waals surface area contributed by atoms with E-state index >= 15 is 0 Å². The summed E-state index contributed by atoms with van der Waals surface area (Å²) in [5.74, 6) is -3.77. The van der Waals surface area contributed by atoms with Crippen LogP contribution in [0.4, 0.5) is 5.69 Å². The van der Waals surface area contributed by atoms with Crippen molar-refractivity contribution >= 4 is 17.6 Å². The third-order valence-electron chi connectivity index (χ3n) is 2.15. The Kier molecular flexibility index (Phi) is 3.96. The highest BCUT2D eigenvalue weighted by molar-refractivity contribution is 5.99. The number of rotatable bonds is 3. The molecule has 0 radical (unpaired) electrons. The lowest BCUT2D eigenvalue weighted by Crippen LogP contribution is -2.38. The quantitative estimate of drug-likeness (QED) is 0.477. The van der Waals surface area contributed by atoms with Crippen LogP contribution < -0.4 is 10.8 Å². The van der Waals surface area contributed by atoms with Gasteiger partial charge in [0.1, 0.15) is 11.5 Å². The van der Waals surface area contributed by atoms with Gasteiger partial charge in [0.15, 0.2) is 0 Å². The van der Waals surface area contributed by atoms with Gasteiger partial charge in [0.05, 0.1) is 5.97 Å². The Bertz CT molecular complexity index is 445. The molecule has 0 aliphatic heterocycles. The minimum atomic E-state index is -1.49. The molecule has 0 bridgehead atoms. The molecule has 0 aliphatic rings. The highest BCUT2D eigenvalue weighted by Gasteiger charge is 2.27. The second-order valence-corrected chi connectivity index (χ2v) is 4.95. The number of carboxylic acids is 1. The second kappa shape index (κ2) is 5.08. The summed E-state index contributed by atoms with van der Waals surface area (Å²) in [6, 6.07) is 5.99. The van der Waals surface area contributed by atoms with E-state index in [1.807, 2.05) is 0 Å². The lowest BCUT2D eigenvalue weighted by atomic mass is 9.99. The molecule has 5 heteroatoms. The van der Waals surface area contributed by atoms with Crippen LogP contribution in [0.15, 0.2) is 24.3 Å². The number of nitrogen functional groups attached to an aromatic ring is 1. The molecule has 1 rings (SSSR count). The van der Waals surface area contributed by atoms with Crippen LogP contribution in [0, 0.1) is 0 Å². The second-order valence-electron chi connectivity index (χ2n) is 4.95. The van der Waals surface area contributed by atoms with E-state index in [2.05, 4.69) is 0 Å². The van der Waals surface area contributed by atoms with Gasteiger partial charge >= 0.3 is 5.97 Å². The summed E-state index contributed by atoms with van der Waals surface area (Å²) in [5, 5.41) is 11.1. The number of hydrogen-bond donors (Lipinski definition) is 1. The molecule has 2 N–H and O–H groups in total. The summed E-state index contributed by atoms with van der Waals surface area (Å²) in [6.45, 7) is 5.00. The topological polar surface area (TPSA) is 92.5 Å². The fraction of sp³-hybridized carbons (Fsp3) is 0.385. The molecule has 0 saturated carbocycles. The molecule has 0 fully saturated rings. The van der Waals surface area contributed by atoms with Gasteiger partial charge in [0.25, 0.3) is 0 Å². The van der Waals surface area contributed by atoms with Crippen LogP contribution in [0.2, 0.25) is 0 Å². The summed E-state index contributed by atoms with van der Waals surface area (Å²) >= 11 is 0. The van der Waals surface area contributed by atoms with Crippen LogP contribution in [-0.4, -0.2) is 17.5 Å². The van der Waals surface area contributed by atoms with Gasteiger partial charge in [-0.3, -0.25) is 4.79 Å². The predicted octanol–water partition coefficient (Wildman–Crippen LogP) is 0.444. The zero-order valence-corrected chi connectivity index (χ0v) is 10.6. The molecule has 0 amide bonds. The highest BCUT2D eigenvalue weighted by Crippen LogP contribution is 2.21. The molecule has 1 aromatic carbocycles. The zero-order valence-electron chi connectivity index (χ0n) is 10.6. The standard InChI is InChI=1S/C13H17NO4/c1-13(2,3)18-12(17)10(11(15)16)8-4-6-9(14)7-5-8/h4-7,10H,14H2,1-3H3,(H,15,16)/p-1/t10-/m0/s1. The highest BCUT2D eigenvalue weighted by atomic mass is 16.6. The Hall–Kier alpha value is -2.04. The van der Waals surface area contributed by atoms with Crippen LogP contribution >= 0.6 is 0 Å². The van der Waals surface area contributed by atoms with Gasteiger partial charge in [0, 0.05) is 5.69 Å². The van der Waals surface area contributed by atoms with Gasteiger partial charge < -0.3 is 20.4 Å². The molecule has 1 aromatic rings. The van der Waals surface area contributed by atoms with Crippen molar-refractivity contribution in [3.8, 4) is 0 Å². The number of ether oxygens (including phenoxy) is 1. The Morgan fingerprint density at radius 3 is 2.11 bits per heavy atom. The first-order chi connectivity index (χ1) is 8.20. The lowest BCUT2D eigenvalue weighted by Gasteiger charge is -2.24. The smallest absolute Gasteiger partial charge is 0.319 e. The van der Waals surface area contributed by atoms with Gasteiger partial charge in [-0.25, -0.2) is 0 Å². The molecular weight excluding hydrogens is 234 g/mol. The first-order valence-electron chi connectivity index (χ1n) is 5.50. The monoisotopic (exact) mass is 250 g/mol. The zero-order chi connectivity index (χ0) is 13.9. The largest absolute Gasteiger partial charge is 0.549 e. The van der Waals surface area contributed by atoms with Crippen LogP contribution in [0.25, 0.3) is 0 Å². The van der Waals surface area contributed by atoms with Crippen molar-refractivity contribution in [3.63, 3.8) is 0 Å². The molecule has 0 aromatic heterocycles. The maximum Gasteiger partial charge on any atom is 0.319 e. The first-order valence-corrected chi connectivity index (χ1v) is 5.50. The van der Waals surface area contributed by atoms with E-state index in [0.717, 1.165) is 0 Å². The van der Waals surface area contributed by atoms with Crippen molar-refractivity contribution in [3.05, 3.63) is 29.8 Å². The minimum Gasteiger partial charge on any atom is -0.549 e. The minimum absolute atomic E-state index is 0.290. The Morgan fingerprint density at radius 1 is 1.22 bits per heavy atom. The maximum atomic E-state index is 11.8. The van der Waals surface area contributed by atoms with Crippen LogP contribution in [-0.2, 0) is 14.3 Å². The van der Waals surface area contributed by atoms with E-state index in [4.69, 9.17) is 10.5 Å². The van der Waals surface area contributed by atoms with E-state index in [1.54, 1.807) is 20.8 Å². The predicted molar refractivity (Wildman–Crippen MR) is 64.4 cm³/mol. The number of aliphatic carboxylic acids is 1. The van der Waals surface area contributed by atoms with E-state index in [9.17, 15) is 14.7 Å². The van der Waals surface area contributed by atoms with Gasteiger partial charge in [-0.2, -0.15) is 0 Å². The number of anilines is 1. The summed E-state index contributed by atoms with van der Waals surface area (Å²) < 4.78 is 5.05. The van der Waals surface area contributed by atoms with Crippen molar-refractivity contribution in [1.29, 1.82) is 0 Å². The van der Waals surface area contributed by atoms with Gasteiger partial charge in [-0.15, -0.1) is 0 Å². The van der Waals surface area contributed by atoms with Crippen LogP contribution in [0.3, 0.4) is 0 Å². The van der Waals surface area contributed by atoms with Crippen LogP contribution in [0.1, 0.15) is 32.3 Å². The summed E-state index contributed by atoms with van der Waals surface area (Å²) in [7, 11) is 0. The number of carbonyl (C=O) groups is 2. The van der Waals surface area contributed by atoms with E-state index in [1.165, 1.54) is 24.3 Å². The third kappa shape index (κ3) is 3.76. The fourth-order valence-electron chi connectivity index (χ4n) is 1.42. The molecule has 5 nitrogen and oxygen atoms in total. The Labute approximate surface area is 106 Å². The Balaban J connectivity index is 3.00. The average molecular weight is 250 g/mol. The number of esters is 1. The normalized spacial score (nSPS) is 12.8. The number of nitrogens with two attached hydrogens (primary N) is 1. The van der Waals surface area contributed by atoms with E-state index in [-0.39, 0.29) is 0 Å². The average Bonchev–Trinajstić information content (AvgIpc) is 2.18. The number of hydrogen-bond acceptors (Lipinski definition) is 5. The summed E-state index contributed by atoms with van der Waals surface area (Å²) in [4.78, 5) is 22.9. The molecule has 0 saturated heterocycles. The summed E-state index contributed by atoms with van der Waals surface area (Å²) in [6.07, 6.45) is 0. The molecule has 0 aliphatic carbocycles. The van der Waals surface area contributed by atoms with Crippen molar-refractivity contribution in [1.82, 2.24) is 0 Å². The van der Waals surface area contributed by atoms with Crippen molar-refractivity contribution in [2.75, 3.05) is 5.73 Å². The SMILES string of the molecule is CC(C)(C)OC(=O)[C@H](C(=O)[O-])c1ccc(N)cc1. The molecule has 0 spiro atoms. The summed E-state index contributed by atoms with van der Waals surface area (Å²) in [5.41, 5.74) is 5.53.